The number of anilines is 1. The maximum atomic E-state index is 13.0. The number of ether oxygens (including phenoxy) is 2. The van der Waals surface area contributed by atoms with Crippen LogP contribution in [0.4, 0.5) is 11.4 Å². The van der Waals surface area contributed by atoms with Crippen molar-refractivity contribution in [3.63, 3.8) is 0 Å². The first-order valence-electron chi connectivity index (χ1n) is 7.66. The van der Waals surface area contributed by atoms with Gasteiger partial charge in [-0.25, -0.2) is 9.59 Å². The Hall–Kier alpha value is -3.44. The predicted molar refractivity (Wildman–Crippen MR) is 96.0 cm³/mol. The van der Waals surface area contributed by atoms with Crippen LogP contribution in [0, 0.1) is 6.92 Å². The molecule has 2 aromatic rings. The summed E-state index contributed by atoms with van der Waals surface area (Å²) in [6.45, 7) is 1.83. The zero-order chi connectivity index (χ0) is 19.3. The second-order valence-corrected chi connectivity index (χ2v) is 5.44. The number of para-hydroxylation sites is 1. The van der Waals surface area contributed by atoms with Crippen LogP contribution < -0.4 is 9.64 Å². The Kier molecular flexibility index (Phi) is 5.88. The second-order valence-electron chi connectivity index (χ2n) is 5.44. The largest absolute Gasteiger partial charge is 0.494 e. The average molecular weight is 354 g/mol. The number of nitrogens with zero attached hydrogens (tertiary/aromatic N) is 2. The summed E-state index contributed by atoms with van der Waals surface area (Å²) in [6.07, 6.45) is 1.43. The van der Waals surface area contributed by atoms with Gasteiger partial charge < -0.3 is 14.4 Å². The predicted octanol–water partition coefficient (Wildman–Crippen LogP) is 3.03. The molecule has 0 aliphatic rings. The van der Waals surface area contributed by atoms with Crippen LogP contribution in [0.15, 0.2) is 41.4 Å². The Balaban J connectivity index is 2.56. The van der Waals surface area contributed by atoms with Gasteiger partial charge in [0.1, 0.15) is 11.4 Å². The summed E-state index contributed by atoms with van der Waals surface area (Å²) in [5, 5.41) is 0. The molecule has 0 saturated carbocycles. The van der Waals surface area contributed by atoms with E-state index in [0.717, 1.165) is 5.56 Å². The van der Waals surface area contributed by atoms with E-state index in [-0.39, 0.29) is 22.6 Å². The molecule has 0 radical (unpaired) electrons. The molecule has 2 rings (SSSR count). The number of hydrogen-bond donors (Lipinski definition) is 0. The average Bonchev–Trinajstić information content (AvgIpc) is 2.66. The summed E-state index contributed by atoms with van der Waals surface area (Å²) in [7, 11) is 4.20. The molecule has 0 spiro atoms. The van der Waals surface area contributed by atoms with Crippen molar-refractivity contribution in [2.75, 3.05) is 26.2 Å². The highest BCUT2D eigenvalue weighted by atomic mass is 16.5. The van der Waals surface area contributed by atoms with Crippen molar-refractivity contribution in [3.05, 3.63) is 53.1 Å². The molecule has 0 fully saturated rings. The Morgan fingerprint density at radius 1 is 1.12 bits per heavy atom. The number of benzene rings is 2. The molecule has 0 atom stereocenters. The minimum Gasteiger partial charge on any atom is -0.494 e. The molecule has 0 unspecified atom stereocenters. The third kappa shape index (κ3) is 3.63. The molecular weight excluding hydrogens is 336 g/mol. The van der Waals surface area contributed by atoms with E-state index in [0.29, 0.717) is 5.69 Å². The monoisotopic (exact) mass is 354 g/mol. The van der Waals surface area contributed by atoms with E-state index in [1.165, 1.54) is 38.3 Å². The van der Waals surface area contributed by atoms with Crippen molar-refractivity contribution >= 4 is 29.3 Å². The van der Waals surface area contributed by atoms with Crippen LogP contribution in [0.1, 0.15) is 26.3 Å². The second kappa shape index (κ2) is 8.09. The first-order valence-corrected chi connectivity index (χ1v) is 7.66. The molecule has 0 aliphatic carbocycles. The smallest absolute Gasteiger partial charge is 0.339 e. The van der Waals surface area contributed by atoms with Gasteiger partial charge in [-0.1, -0.05) is 17.7 Å². The SMILES string of the molecule is COC(=O)c1cc(C)ccc1N(C)C(=O)c1cccc(OC)c1N=C=O. The zero-order valence-electron chi connectivity index (χ0n) is 14.9. The Bertz CT molecular complexity index is 901. The number of isocyanates is 1. The van der Waals surface area contributed by atoms with Crippen LogP contribution in [0.5, 0.6) is 5.75 Å². The van der Waals surface area contributed by atoms with Crippen molar-refractivity contribution in [1.29, 1.82) is 0 Å². The zero-order valence-corrected chi connectivity index (χ0v) is 14.9. The van der Waals surface area contributed by atoms with Gasteiger partial charge in [0.15, 0.2) is 0 Å². The van der Waals surface area contributed by atoms with Gasteiger partial charge in [-0.3, -0.25) is 4.79 Å². The van der Waals surface area contributed by atoms with Crippen LogP contribution in [0.2, 0.25) is 0 Å². The van der Waals surface area contributed by atoms with E-state index in [1.54, 1.807) is 30.3 Å². The molecule has 1 amide bonds. The van der Waals surface area contributed by atoms with E-state index >= 15 is 0 Å². The highest BCUT2D eigenvalue weighted by Crippen LogP contribution is 2.33. The van der Waals surface area contributed by atoms with Gasteiger partial charge in [0, 0.05) is 7.05 Å². The van der Waals surface area contributed by atoms with Crippen LogP contribution >= 0.6 is 0 Å². The molecule has 134 valence electrons. The van der Waals surface area contributed by atoms with Gasteiger partial charge in [-0.2, -0.15) is 4.99 Å². The molecule has 26 heavy (non-hydrogen) atoms. The first-order chi connectivity index (χ1) is 12.4. The Labute approximate surface area is 150 Å². The number of aryl methyl sites for hydroxylation is 1. The van der Waals surface area contributed by atoms with E-state index in [2.05, 4.69) is 4.99 Å². The molecule has 0 saturated heterocycles. The lowest BCUT2D eigenvalue weighted by molar-refractivity contribution is 0.0601. The fourth-order valence-corrected chi connectivity index (χ4v) is 2.53. The minimum absolute atomic E-state index is 0.0774. The summed E-state index contributed by atoms with van der Waals surface area (Å²) in [4.78, 5) is 40.7. The minimum atomic E-state index is -0.555. The Morgan fingerprint density at radius 3 is 2.46 bits per heavy atom. The maximum Gasteiger partial charge on any atom is 0.339 e. The van der Waals surface area contributed by atoms with E-state index in [4.69, 9.17) is 9.47 Å². The van der Waals surface area contributed by atoms with Crippen molar-refractivity contribution in [2.24, 2.45) is 4.99 Å². The molecular formula is C19H18N2O5. The molecule has 0 bridgehead atoms. The lowest BCUT2D eigenvalue weighted by Gasteiger charge is -2.21. The standard InChI is InChI=1S/C19H18N2O5/c1-12-8-9-15(14(10-12)19(24)26-4)21(2)18(23)13-6-5-7-16(25-3)17(13)20-11-22/h5-10H,1-4H3. The summed E-state index contributed by atoms with van der Waals surface area (Å²) in [6, 6.07) is 9.78. The highest BCUT2D eigenvalue weighted by Gasteiger charge is 2.23. The van der Waals surface area contributed by atoms with Crippen LogP contribution in [0.25, 0.3) is 0 Å². The van der Waals surface area contributed by atoms with Crippen molar-refractivity contribution in [2.45, 2.75) is 6.92 Å². The summed E-state index contributed by atoms with van der Waals surface area (Å²) >= 11 is 0. The first kappa shape index (κ1) is 18.9. The van der Waals surface area contributed by atoms with Crippen LogP contribution in [-0.2, 0) is 9.53 Å². The van der Waals surface area contributed by atoms with E-state index in [9.17, 15) is 14.4 Å². The van der Waals surface area contributed by atoms with Gasteiger partial charge in [0.25, 0.3) is 5.91 Å². The number of hydrogen-bond acceptors (Lipinski definition) is 6. The van der Waals surface area contributed by atoms with Crippen molar-refractivity contribution in [1.82, 2.24) is 0 Å². The third-order valence-corrected chi connectivity index (χ3v) is 3.83. The summed E-state index contributed by atoms with van der Waals surface area (Å²) in [5.41, 5.74) is 1.70. The molecule has 2 aromatic carbocycles. The molecule has 0 aromatic heterocycles. The van der Waals surface area contributed by atoms with Crippen molar-refractivity contribution in [3.8, 4) is 5.75 Å². The number of aliphatic imine (C=N–C) groups is 1. The fourth-order valence-electron chi connectivity index (χ4n) is 2.53. The van der Waals surface area contributed by atoms with Gasteiger partial charge in [-0.05, 0) is 31.2 Å². The Morgan fingerprint density at radius 2 is 1.85 bits per heavy atom. The van der Waals surface area contributed by atoms with Gasteiger partial charge in [0.2, 0.25) is 6.08 Å². The normalized spacial score (nSPS) is 9.85. The molecule has 0 N–H and O–H groups in total. The van der Waals surface area contributed by atoms with Crippen LogP contribution in [-0.4, -0.2) is 39.2 Å². The molecule has 0 aliphatic heterocycles. The summed E-state index contributed by atoms with van der Waals surface area (Å²) < 4.78 is 9.95. The number of rotatable bonds is 5. The number of carbonyl (C=O) groups is 2. The lowest BCUT2D eigenvalue weighted by Crippen LogP contribution is -2.28. The summed E-state index contributed by atoms with van der Waals surface area (Å²) in [5.74, 6) is -0.753. The number of methoxy groups -OCH3 is 2. The maximum absolute atomic E-state index is 13.0. The number of esters is 1. The topological polar surface area (TPSA) is 85.3 Å². The molecule has 0 heterocycles. The van der Waals surface area contributed by atoms with Gasteiger partial charge in [0.05, 0.1) is 31.0 Å². The number of amides is 1. The number of carbonyl (C=O) groups excluding carboxylic acids is 3. The van der Waals surface area contributed by atoms with Gasteiger partial charge >= 0.3 is 5.97 Å². The fraction of sp³-hybridized carbons (Fsp3) is 0.211. The third-order valence-electron chi connectivity index (χ3n) is 3.83. The molecule has 7 heteroatoms. The van der Waals surface area contributed by atoms with E-state index in [1.807, 2.05) is 6.92 Å². The van der Waals surface area contributed by atoms with Crippen LogP contribution in [0.3, 0.4) is 0 Å². The van der Waals surface area contributed by atoms with Gasteiger partial charge in [-0.15, -0.1) is 0 Å². The quantitative estimate of drug-likeness (QED) is 0.468. The van der Waals surface area contributed by atoms with E-state index < -0.39 is 11.9 Å². The van der Waals surface area contributed by atoms with Crippen molar-refractivity contribution < 1.29 is 23.9 Å². The lowest BCUT2D eigenvalue weighted by atomic mass is 10.1. The highest BCUT2D eigenvalue weighted by molar-refractivity contribution is 6.12. The molecule has 7 nitrogen and oxygen atoms in total.